The van der Waals surface area contributed by atoms with E-state index in [4.69, 9.17) is 14.6 Å². The minimum atomic E-state index is -1.33. The largest absolute Gasteiger partial charge is 0.492 e. The standard InChI is InChI=1S/C19H20N4O4/c1-19(2,18(24)25)27-17-6-3-13(11-21-17)8-10-26-14-4-5-15(20-12-14)16-7-9-22-23-16/h3-7,9,11-12H,8,10H2,1-2H3,(H,22,23)(H,24,25). The Kier molecular flexibility index (Phi) is 5.35. The van der Waals surface area contributed by atoms with Gasteiger partial charge >= 0.3 is 5.97 Å². The Morgan fingerprint density at radius 3 is 2.59 bits per heavy atom. The van der Waals surface area contributed by atoms with Gasteiger partial charge in [-0.15, -0.1) is 0 Å². The summed E-state index contributed by atoms with van der Waals surface area (Å²) < 4.78 is 11.1. The molecule has 0 radical (unpaired) electrons. The molecule has 0 aromatic carbocycles. The number of nitrogens with zero attached hydrogens (tertiary/aromatic N) is 3. The van der Waals surface area contributed by atoms with Crippen LogP contribution in [0.15, 0.2) is 48.9 Å². The van der Waals surface area contributed by atoms with E-state index in [1.807, 2.05) is 24.3 Å². The number of aromatic nitrogens is 4. The summed E-state index contributed by atoms with van der Waals surface area (Å²) in [7, 11) is 0. The fourth-order valence-corrected chi connectivity index (χ4v) is 2.23. The number of H-pyrrole nitrogens is 1. The van der Waals surface area contributed by atoms with Crippen LogP contribution in [0.25, 0.3) is 11.4 Å². The molecule has 0 atom stereocenters. The lowest BCUT2D eigenvalue weighted by Crippen LogP contribution is -2.38. The predicted molar refractivity (Wildman–Crippen MR) is 97.6 cm³/mol. The smallest absolute Gasteiger partial charge is 0.347 e. The third-order valence-corrected chi connectivity index (χ3v) is 3.84. The number of hydrogen-bond donors (Lipinski definition) is 2. The van der Waals surface area contributed by atoms with Crippen molar-refractivity contribution >= 4 is 5.97 Å². The van der Waals surface area contributed by atoms with Crippen molar-refractivity contribution in [2.45, 2.75) is 25.9 Å². The van der Waals surface area contributed by atoms with Crippen molar-refractivity contribution in [2.75, 3.05) is 6.61 Å². The van der Waals surface area contributed by atoms with Crippen molar-refractivity contribution in [3.63, 3.8) is 0 Å². The number of aromatic amines is 1. The fourth-order valence-electron chi connectivity index (χ4n) is 2.23. The van der Waals surface area contributed by atoms with Crippen LogP contribution in [0.5, 0.6) is 11.6 Å². The van der Waals surface area contributed by atoms with E-state index in [0.29, 0.717) is 18.8 Å². The first-order valence-corrected chi connectivity index (χ1v) is 8.40. The number of carboxylic acids is 1. The number of nitrogens with one attached hydrogen (secondary N) is 1. The molecular weight excluding hydrogens is 348 g/mol. The number of carboxylic acid groups (broad SMARTS) is 1. The molecule has 0 aliphatic heterocycles. The molecule has 0 aliphatic rings. The molecule has 0 amide bonds. The minimum Gasteiger partial charge on any atom is -0.492 e. The zero-order valence-corrected chi connectivity index (χ0v) is 15.0. The van der Waals surface area contributed by atoms with Crippen molar-refractivity contribution < 1.29 is 19.4 Å². The van der Waals surface area contributed by atoms with Crippen molar-refractivity contribution in [2.24, 2.45) is 0 Å². The van der Waals surface area contributed by atoms with Gasteiger partial charge in [-0.05, 0) is 37.6 Å². The lowest BCUT2D eigenvalue weighted by molar-refractivity contribution is -0.152. The molecule has 0 bridgehead atoms. The second-order valence-corrected chi connectivity index (χ2v) is 6.37. The average Bonchev–Trinajstić information content (AvgIpc) is 3.18. The summed E-state index contributed by atoms with van der Waals surface area (Å²) in [6, 6.07) is 9.05. The monoisotopic (exact) mass is 368 g/mol. The van der Waals surface area contributed by atoms with Crippen molar-refractivity contribution in [1.82, 2.24) is 20.2 Å². The summed E-state index contributed by atoms with van der Waals surface area (Å²) in [6.07, 6.45) is 5.64. The van der Waals surface area contributed by atoms with Crippen LogP contribution in [0.3, 0.4) is 0 Å². The zero-order chi connectivity index (χ0) is 19.3. The second-order valence-electron chi connectivity index (χ2n) is 6.37. The average molecular weight is 368 g/mol. The first kappa shape index (κ1) is 18.4. The highest BCUT2D eigenvalue weighted by Crippen LogP contribution is 2.18. The van der Waals surface area contributed by atoms with Crippen molar-refractivity contribution in [3.8, 4) is 23.0 Å². The number of carbonyl (C=O) groups is 1. The zero-order valence-electron chi connectivity index (χ0n) is 15.0. The van der Waals surface area contributed by atoms with Crippen molar-refractivity contribution in [1.29, 1.82) is 0 Å². The Labute approximate surface area is 156 Å². The van der Waals surface area contributed by atoms with Crippen molar-refractivity contribution in [3.05, 3.63) is 54.5 Å². The fraction of sp³-hybridized carbons (Fsp3) is 0.263. The SMILES string of the molecule is CC(C)(Oc1ccc(CCOc2ccc(-c3ccn[nH]3)nc2)cn1)C(=O)O. The van der Waals surface area contributed by atoms with Gasteiger partial charge in [0.05, 0.1) is 24.2 Å². The number of ether oxygens (including phenoxy) is 2. The normalized spacial score (nSPS) is 11.2. The number of pyridine rings is 2. The van der Waals surface area contributed by atoms with Crippen LogP contribution in [0.4, 0.5) is 0 Å². The molecule has 0 aliphatic carbocycles. The quantitative estimate of drug-likeness (QED) is 0.629. The lowest BCUT2D eigenvalue weighted by Gasteiger charge is -2.20. The van der Waals surface area contributed by atoms with Crippen LogP contribution < -0.4 is 9.47 Å². The molecule has 0 spiro atoms. The molecule has 3 aromatic heterocycles. The summed E-state index contributed by atoms with van der Waals surface area (Å²) in [5, 5.41) is 15.8. The van der Waals surface area contributed by atoms with Crippen LogP contribution in [0.2, 0.25) is 0 Å². The van der Waals surface area contributed by atoms with Gasteiger partial charge in [-0.25, -0.2) is 9.78 Å². The van der Waals surface area contributed by atoms with E-state index in [1.54, 1.807) is 24.7 Å². The summed E-state index contributed by atoms with van der Waals surface area (Å²) in [5.41, 5.74) is 1.27. The lowest BCUT2D eigenvalue weighted by atomic mass is 10.1. The van der Waals surface area contributed by atoms with E-state index < -0.39 is 11.6 Å². The summed E-state index contributed by atoms with van der Waals surface area (Å²) >= 11 is 0. The molecule has 3 rings (SSSR count). The topological polar surface area (TPSA) is 110 Å². The van der Waals surface area contributed by atoms with Crippen LogP contribution in [-0.2, 0) is 11.2 Å². The molecule has 3 aromatic rings. The van der Waals surface area contributed by atoms with Crippen LogP contribution >= 0.6 is 0 Å². The minimum absolute atomic E-state index is 0.269. The van der Waals surface area contributed by atoms with Crippen LogP contribution in [0, 0.1) is 0 Å². The van der Waals surface area contributed by atoms with Gasteiger partial charge in [0, 0.05) is 24.9 Å². The van der Waals surface area contributed by atoms with E-state index in [2.05, 4.69) is 20.2 Å². The van der Waals surface area contributed by atoms with E-state index in [0.717, 1.165) is 17.0 Å². The van der Waals surface area contributed by atoms with Gasteiger partial charge in [-0.2, -0.15) is 5.10 Å². The Bertz CT molecular complexity index is 875. The van der Waals surface area contributed by atoms with E-state index in [-0.39, 0.29) is 5.88 Å². The van der Waals surface area contributed by atoms with Gasteiger partial charge in [0.15, 0.2) is 0 Å². The van der Waals surface area contributed by atoms with Crippen LogP contribution in [-0.4, -0.2) is 43.4 Å². The first-order valence-electron chi connectivity index (χ1n) is 8.40. The van der Waals surface area contributed by atoms with E-state index in [9.17, 15) is 4.79 Å². The molecule has 8 nitrogen and oxygen atoms in total. The molecule has 0 unspecified atom stereocenters. The number of aliphatic carboxylic acids is 1. The van der Waals surface area contributed by atoms with Gasteiger partial charge in [-0.1, -0.05) is 6.07 Å². The molecule has 3 heterocycles. The number of hydrogen-bond acceptors (Lipinski definition) is 6. The highest BCUT2D eigenvalue weighted by atomic mass is 16.5. The van der Waals surface area contributed by atoms with E-state index >= 15 is 0 Å². The highest BCUT2D eigenvalue weighted by molar-refractivity contribution is 5.76. The molecule has 8 heteroatoms. The Morgan fingerprint density at radius 2 is 2.00 bits per heavy atom. The van der Waals surface area contributed by atoms with Gasteiger partial charge in [0.25, 0.3) is 0 Å². The van der Waals surface area contributed by atoms with Gasteiger partial charge < -0.3 is 14.6 Å². The first-order chi connectivity index (χ1) is 12.9. The molecule has 0 saturated heterocycles. The maximum atomic E-state index is 11.1. The third-order valence-electron chi connectivity index (χ3n) is 3.84. The molecule has 27 heavy (non-hydrogen) atoms. The molecular formula is C19H20N4O4. The summed E-state index contributed by atoms with van der Waals surface area (Å²) in [5.74, 6) is -0.103. The highest BCUT2D eigenvalue weighted by Gasteiger charge is 2.29. The third kappa shape index (κ3) is 4.81. The van der Waals surface area contributed by atoms with E-state index in [1.165, 1.54) is 13.8 Å². The maximum Gasteiger partial charge on any atom is 0.347 e. The molecule has 140 valence electrons. The molecule has 0 saturated carbocycles. The predicted octanol–water partition coefficient (Wildman–Crippen LogP) is 2.73. The second kappa shape index (κ2) is 7.86. The van der Waals surface area contributed by atoms with Gasteiger partial charge in [-0.3, -0.25) is 10.1 Å². The van der Waals surface area contributed by atoms with Gasteiger partial charge in [0.2, 0.25) is 11.5 Å². The summed E-state index contributed by atoms with van der Waals surface area (Å²) in [6.45, 7) is 3.42. The summed E-state index contributed by atoms with van der Waals surface area (Å²) in [4.78, 5) is 19.6. The Hall–Kier alpha value is -3.42. The van der Waals surface area contributed by atoms with Gasteiger partial charge in [0.1, 0.15) is 5.75 Å². The number of rotatable bonds is 8. The Balaban J connectivity index is 1.50. The maximum absolute atomic E-state index is 11.1. The Morgan fingerprint density at radius 1 is 1.15 bits per heavy atom. The molecule has 2 N–H and O–H groups in total. The molecule has 0 fully saturated rings. The van der Waals surface area contributed by atoms with Crippen LogP contribution in [0.1, 0.15) is 19.4 Å².